The van der Waals surface area contributed by atoms with Crippen molar-refractivity contribution in [3.8, 4) is 0 Å². The van der Waals surface area contributed by atoms with Gasteiger partial charge in [-0.2, -0.15) is 0 Å². The zero-order valence-corrected chi connectivity index (χ0v) is 9.77. The molecule has 0 spiro atoms. The number of benzene rings is 1. The Balaban J connectivity index is 2.23. The molecule has 1 aliphatic rings. The lowest BCUT2D eigenvalue weighted by Crippen LogP contribution is -2.47. The molecule has 2 rings (SSSR count). The largest absolute Gasteiger partial charge is 0.342 e. The van der Waals surface area contributed by atoms with Crippen LogP contribution in [0.15, 0.2) is 30.3 Å². The third-order valence-corrected chi connectivity index (χ3v) is 2.95. The fraction of sp³-hybridized carbons (Fsp3) is 0.364. The fourth-order valence-corrected chi connectivity index (χ4v) is 1.92. The summed E-state index contributed by atoms with van der Waals surface area (Å²) in [5.41, 5.74) is 4.29. The van der Waals surface area contributed by atoms with Gasteiger partial charge in [0.25, 0.3) is 0 Å². The van der Waals surface area contributed by atoms with E-state index in [2.05, 4.69) is 24.6 Å². The second-order valence-electron chi connectivity index (χ2n) is 3.90. The Kier molecular flexibility index (Phi) is 2.63. The quantitative estimate of drug-likeness (QED) is 0.747. The van der Waals surface area contributed by atoms with Crippen molar-refractivity contribution < 1.29 is 0 Å². The Labute approximate surface area is 95.4 Å². The van der Waals surface area contributed by atoms with Crippen LogP contribution in [0, 0.1) is 0 Å². The summed E-state index contributed by atoms with van der Waals surface area (Å²) in [5, 5.41) is 5.92. The van der Waals surface area contributed by atoms with Crippen LogP contribution in [0.25, 0.3) is 0 Å². The van der Waals surface area contributed by atoms with Gasteiger partial charge in [-0.25, -0.2) is 5.43 Å². The van der Waals surface area contributed by atoms with E-state index in [1.165, 1.54) is 0 Å². The molecule has 15 heavy (non-hydrogen) atoms. The number of hydrogen-bond donors (Lipinski definition) is 2. The molecule has 3 nitrogen and oxygen atoms in total. The van der Waals surface area contributed by atoms with Crippen LogP contribution in [-0.4, -0.2) is 10.8 Å². The van der Waals surface area contributed by atoms with Gasteiger partial charge in [-0.1, -0.05) is 25.1 Å². The smallest absolute Gasteiger partial charge is 0.189 e. The van der Waals surface area contributed by atoms with Crippen molar-refractivity contribution in [3.63, 3.8) is 0 Å². The van der Waals surface area contributed by atoms with Crippen LogP contribution in [0.5, 0.6) is 0 Å². The molecular weight excluding hydrogens is 206 g/mol. The van der Waals surface area contributed by atoms with Crippen molar-refractivity contribution in [3.05, 3.63) is 30.3 Å². The highest BCUT2D eigenvalue weighted by atomic mass is 32.1. The Morgan fingerprint density at radius 1 is 1.33 bits per heavy atom. The summed E-state index contributed by atoms with van der Waals surface area (Å²) < 4.78 is 0. The monoisotopic (exact) mass is 221 g/mol. The first-order valence-corrected chi connectivity index (χ1v) is 5.50. The van der Waals surface area contributed by atoms with Gasteiger partial charge >= 0.3 is 0 Å². The first kappa shape index (κ1) is 10.4. The summed E-state index contributed by atoms with van der Waals surface area (Å²) in [6.07, 6.45) is 0.969. The van der Waals surface area contributed by atoms with Crippen LogP contribution in [-0.2, 0) is 0 Å². The molecule has 1 atom stereocenters. The molecule has 4 heteroatoms. The normalized spacial score (nSPS) is 25.5. The lowest BCUT2D eigenvalue weighted by molar-refractivity contribution is 0.362. The summed E-state index contributed by atoms with van der Waals surface area (Å²) in [4.78, 5) is 0. The van der Waals surface area contributed by atoms with Crippen LogP contribution < -0.4 is 15.8 Å². The predicted molar refractivity (Wildman–Crippen MR) is 66.5 cm³/mol. The van der Waals surface area contributed by atoms with Gasteiger partial charge in [0, 0.05) is 0 Å². The van der Waals surface area contributed by atoms with Crippen molar-refractivity contribution in [1.29, 1.82) is 0 Å². The number of nitrogens with one attached hydrogen (secondary N) is 2. The molecule has 0 aromatic heterocycles. The summed E-state index contributed by atoms with van der Waals surface area (Å²) in [5.74, 6) is 0. The molecule has 1 fully saturated rings. The van der Waals surface area contributed by atoms with Gasteiger partial charge in [0.2, 0.25) is 0 Å². The first-order valence-electron chi connectivity index (χ1n) is 5.10. The standard InChI is InChI=1S/C11H15N3S/c1-3-11(2)12-10(15)14(13-11)9-7-5-4-6-8-9/h4-8,13H,3H2,1-2H3,(H,12,15)/t11-/m1/s1. The highest BCUT2D eigenvalue weighted by Crippen LogP contribution is 2.20. The Morgan fingerprint density at radius 3 is 2.53 bits per heavy atom. The van der Waals surface area contributed by atoms with E-state index in [0.29, 0.717) is 0 Å². The molecule has 1 aromatic rings. The molecule has 1 heterocycles. The van der Waals surface area contributed by atoms with Gasteiger partial charge in [-0.3, -0.25) is 5.01 Å². The molecule has 0 saturated carbocycles. The number of rotatable bonds is 2. The highest BCUT2D eigenvalue weighted by Gasteiger charge is 2.34. The van der Waals surface area contributed by atoms with E-state index >= 15 is 0 Å². The van der Waals surface area contributed by atoms with Gasteiger partial charge in [-0.05, 0) is 37.7 Å². The number of hydrazine groups is 1. The van der Waals surface area contributed by atoms with Crippen LogP contribution in [0.3, 0.4) is 0 Å². The average molecular weight is 221 g/mol. The van der Waals surface area contributed by atoms with E-state index in [4.69, 9.17) is 12.2 Å². The van der Waals surface area contributed by atoms with E-state index in [-0.39, 0.29) is 5.66 Å². The maximum atomic E-state index is 5.29. The minimum absolute atomic E-state index is 0.132. The molecular formula is C11H15N3S. The van der Waals surface area contributed by atoms with E-state index in [1.54, 1.807) is 0 Å². The molecule has 0 radical (unpaired) electrons. The molecule has 1 aliphatic heterocycles. The average Bonchev–Trinajstić information content (AvgIpc) is 2.57. The van der Waals surface area contributed by atoms with Crippen LogP contribution in [0.2, 0.25) is 0 Å². The fourth-order valence-electron chi connectivity index (χ4n) is 1.54. The van der Waals surface area contributed by atoms with Crippen molar-refractivity contribution in [1.82, 2.24) is 10.7 Å². The van der Waals surface area contributed by atoms with Gasteiger partial charge in [0.15, 0.2) is 5.11 Å². The van der Waals surface area contributed by atoms with Crippen LogP contribution in [0.4, 0.5) is 5.69 Å². The number of nitrogens with zero attached hydrogens (tertiary/aromatic N) is 1. The van der Waals surface area contributed by atoms with Crippen LogP contribution >= 0.6 is 12.2 Å². The highest BCUT2D eigenvalue weighted by molar-refractivity contribution is 7.80. The molecule has 1 aromatic carbocycles. The van der Waals surface area contributed by atoms with E-state index < -0.39 is 0 Å². The van der Waals surface area contributed by atoms with Gasteiger partial charge in [-0.15, -0.1) is 0 Å². The molecule has 0 bridgehead atoms. The third-order valence-electron chi connectivity index (χ3n) is 2.67. The zero-order valence-electron chi connectivity index (χ0n) is 8.95. The first-order chi connectivity index (χ1) is 7.14. The number of hydrogen-bond acceptors (Lipinski definition) is 2. The molecule has 1 saturated heterocycles. The van der Waals surface area contributed by atoms with E-state index in [0.717, 1.165) is 17.2 Å². The zero-order chi connectivity index (χ0) is 10.9. The molecule has 0 unspecified atom stereocenters. The maximum Gasteiger partial charge on any atom is 0.189 e. The topological polar surface area (TPSA) is 27.3 Å². The molecule has 2 N–H and O–H groups in total. The lowest BCUT2D eigenvalue weighted by atomic mass is 10.2. The molecule has 0 aliphatic carbocycles. The third kappa shape index (κ3) is 1.96. The maximum absolute atomic E-state index is 5.29. The Bertz CT molecular complexity index is 365. The van der Waals surface area contributed by atoms with E-state index in [9.17, 15) is 0 Å². The number of thiocarbonyl (C=S) groups is 1. The summed E-state index contributed by atoms with van der Waals surface area (Å²) in [6, 6.07) is 10.1. The summed E-state index contributed by atoms with van der Waals surface area (Å²) in [7, 11) is 0. The SMILES string of the molecule is CC[C@]1(C)NC(=S)N(c2ccccc2)N1. The van der Waals surface area contributed by atoms with E-state index in [1.807, 2.05) is 35.3 Å². The van der Waals surface area contributed by atoms with Gasteiger partial charge in [0.1, 0.15) is 5.66 Å². The molecule has 80 valence electrons. The van der Waals surface area contributed by atoms with Crippen molar-refractivity contribution in [2.75, 3.05) is 5.01 Å². The number of para-hydroxylation sites is 1. The van der Waals surface area contributed by atoms with Crippen LogP contribution in [0.1, 0.15) is 20.3 Å². The second kappa shape index (κ2) is 3.79. The minimum Gasteiger partial charge on any atom is -0.342 e. The predicted octanol–water partition coefficient (Wildman–Crippen LogP) is 2.01. The minimum atomic E-state index is -0.132. The van der Waals surface area contributed by atoms with Crippen molar-refractivity contribution in [2.45, 2.75) is 25.9 Å². The second-order valence-corrected chi connectivity index (χ2v) is 4.29. The Morgan fingerprint density at radius 2 is 2.00 bits per heavy atom. The summed E-state index contributed by atoms with van der Waals surface area (Å²) in [6.45, 7) is 4.22. The van der Waals surface area contributed by atoms with Crippen molar-refractivity contribution >= 4 is 23.0 Å². The van der Waals surface area contributed by atoms with Crippen molar-refractivity contribution in [2.24, 2.45) is 0 Å². The van der Waals surface area contributed by atoms with Gasteiger partial charge in [0.05, 0.1) is 5.69 Å². The lowest BCUT2D eigenvalue weighted by Gasteiger charge is -2.23. The Hall–Kier alpha value is -1.13. The molecule has 0 amide bonds. The summed E-state index contributed by atoms with van der Waals surface area (Å²) >= 11 is 5.29. The van der Waals surface area contributed by atoms with Gasteiger partial charge < -0.3 is 5.32 Å². The number of anilines is 1.